The van der Waals surface area contributed by atoms with Crippen molar-refractivity contribution in [3.05, 3.63) is 132 Å². The summed E-state index contributed by atoms with van der Waals surface area (Å²) in [5.41, 5.74) is 5.73. The molecule has 5 N–H and O–H groups in total. The van der Waals surface area contributed by atoms with Crippen LogP contribution in [0.3, 0.4) is 0 Å². The van der Waals surface area contributed by atoms with E-state index >= 15 is 0 Å². The first-order chi connectivity index (χ1) is 21.7. The van der Waals surface area contributed by atoms with Crippen molar-refractivity contribution in [1.29, 1.82) is 0 Å². The van der Waals surface area contributed by atoms with Crippen molar-refractivity contribution in [2.45, 2.75) is 44.9 Å². The van der Waals surface area contributed by atoms with E-state index in [0.29, 0.717) is 57.5 Å². The van der Waals surface area contributed by atoms with Crippen LogP contribution in [0, 0.1) is 0 Å². The number of benzene rings is 2. The molecule has 0 fully saturated rings. The minimum Gasteiger partial charge on any atom is -0.361 e. The highest BCUT2D eigenvalue weighted by molar-refractivity contribution is 5.97. The number of amides is 2. The van der Waals surface area contributed by atoms with E-state index in [1.807, 2.05) is 72.9 Å². The fraction of sp³-hybridized carbons (Fsp3) is 0.257. The summed E-state index contributed by atoms with van der Waals surface area (Å²) in [7, 11) is 0. The summed E-state index contributed by atoms with van der Waals surface area (Å²) in [5.74, 6) is -0.450. The lowest BCUT2D eigenvalue weighted by Crippen LogP contribution is -2.47. The molecule has 3 heterocycles. The highest BCUT2D eigenvalue weighted by Crippen LogP contribution is 2.17. The zero-order chi connectivity index (χ0) is 30.4. The number of H-pyrrole nitrogens is 1. The number of carbonyl (C=O) groups excluding carboxylic acids is 2. The third-order valence-corrected chi connectivity index (χ3v) is 7.45. The molecule has 9 heteroatoms. The van der Waals surface area contributed by atoms with Gasteiger partial charge in [0.25, 0.3) is 5.91 Å². The summed E-state index contributed by atoms with van der Waals surface area (Å²) in [6.07, 6.45) is 7.46. The van der Waals surface area contributed by atoms with Crippen molar-refractivity contribution in [2.24, 2.45) is 0 Å². The van der Waals surface area contributed by atoms with Crippen LogP contribution >= 0.6 is 0 Å². The molecule has 44 heavy (non-hydrogen) atoms. The predicted molar refractivity (Wildman–Crippen MR) is 173 cm³/mol. The SMILES string of the molecule is O=C(N[C@@H](CCCNCc1ccccn1)C(=O)NCCc1c[nH]c2ccccc12)c1ccc(CNCc2ccccn2)cc1. The molecule has 0 saturated carbocycles. The lowest BCUT2D eigenvalue weighted by molar-refractivity contribution is -0.123. The molecule has 0 bridgehead atoms. The Labute approximate surface area is 257 Å². The minimum atomic E-state index is -0.651. The van der Waals surface area contributed by atoms with Gasteiger partial charge in [-0.25, -0.2) is 0 Å². The van der Waals surface area contributed by atoms with Gasteiger partial charge in [0.2, 0.25) is 5.91 Å². The lowest BCUT2D eigenvalue weighted by atomic mass is 10.1. The molecule has 5 aromatic rings. The van der Waals surface area contributed by atoms with E-state index in [4.69, 9.17) is 0 Å². The van der Waals surface area contributed by atoms with Crippen molar-refractivity contribution in [3.8, 4) is 0 Å². The molecule has 2 aromatic carbocycles. The van der Waals surface area contributed by atoms with E-state index in [1.54, 1.807) is 24.5 Å². The normalized spacial score (nSPS) is 11.7. The zero-order valence-electron chi connectivity index (χ0n) is 24.8. The van der Waals surface area contributed by atoms with Gasteiger partial charge < -0.3 is 26.3 Å². The van der Waals surface area contributed by atoms with E-state index in [2.05, 4.69) is 42.3 Å². The molecular weight excluding hydrogens is 550 g/mol. The average Bonchev–Trinajstić information content (AvgIpc) is 3.48. The van der Waals surface area contributed by atoms with Crippen LogP contribution in [0.1, 0.15) is 45.7 Å². The standard InChI is InChI=1S/C35H39N7O2/c43-34(27-15-13-26(14-16-27)22-37-25-30-9-4-6-20-39-30)42-33(12-7-18-36-24-29-8-3-5-19-38-29)35(44)40-21-17-28-23-41-32-11-2-1-10-31(28)32/h1-6,8-11,13-16,19-20,23,33,36-37,41H,7,12,17-18,21-22,24-25H2,(H,40,44)(H,42,43)/t33-/m0/s1. The number of aromatic nitrogens is 3. The molecule has 1 atom stereocenters. The molecule has 5 rings (SSSR count). The predicted octanol–water partition coefficient (Wildman–Crippen LogP) is 4.28. The smallest absolute Gasteiger partial charge is 0.251 e. The molecule has 0 saturated heterocycles. The van der Waals surface area contributed by atoms with E-state index in [1.165, 1.54) is 0 Å². The Bertz CT molecular complexity index is 1610. The maximum Gasteiger partial charge on any atom is 0.251 e. The highest BCUT2D eigenvalue weighted by Gasteiger charge is 2.21. The molecule has 3 aromatic heterocycles. The summed E-state index contributed by atoms with van der Waals surface area (Å²) in [4.78, 5) is 38.4. The molecule has 2 amide bonds. The second-order valence-corrected chi connectivity index (χ2v) is 10.7. The van der Waals surface area contributed by atoms with Gasteiger partial charge in [0.05, 0.1) is 11.4 Å². The van der Waals surface area contributed by atoms with Gasteiger partial charge in [0.1, 0.15) is 6.04 Å². The van der Waals surface area contributed by atoms with E-state index in [0.717, 1.165) is 33.4 Å². The number of fused-ring (bicyclic) bond motifs is 1. The second kappa shape index (κ2) is 16.1. The van der Waals surface area contributed by atoms with Crippen LogP contribution < -0.4 is 21.3 Å². The van der Waals surface area contributed by atoms with Gasteiger partial charge in [-0.15, -0.1) is 0 Å². The number of pyridine rings is 2. The van der Waals surface area contributed by atoms with Crippen LogP contribution in [0.15, 0.2) is 104 Å². The fourth-order valence-electron chi connectivity index (χ4n) is 5.05. The van der Waals surface area contributed by atoms with Gasteiger partial charge in [-0.1, -0.05) is 42.5 Å². The van der Waals surface area contributed by atoms with Crippen LogP contribution in [0.2, 0.25) is 0 Å². The van der Waals surface area contributed by atoms with Crippen LogP contribution in [0.5, 0.6) is 0 Å². The monoisotopic (exact) mass is 589 g/mol. The fourth-order valence-corrected chi connectivity index (χ4v) is 5.05. The first-order valence-corrected chi connectivity index (χ1v) is 15.1. The van der Waals surface area contributed by atoms with Gasteiger partial charge >= 0.3 is 0 Å². The number of hydrogen-bond donors (Lipinski definition) is 5. The van der Waals surface area contributed by atoms with Crippen molar-refractivity contribution < 1.29 is 9.59 Å². The van der Waals surface area contributed by atoms with E-state index < -0.39 is 6.04 Å². The molecule has 226 valence electrons. The van der Waals surface area contributed by atoms with Gasteiger partial charge in [-0.05, 0) is 79.4 Å². The number of rotatable bonds is 16. The first-order valence-electron chi connectivity index (χ1n) is 15.1. The van der Waals surface area contributed by atoms with Crippen LogP contribution in [0.4, 0.5) is 0 Å². The van der Waals surface area contributed by atoms with Crippen LogP contribution in [0.25, 0.3) is 10.9 Å². The molecule has 0 unspecified atom stereocenters. The molecule has 9 nitrogen and oxygen atoms in total. The summed E-state index contributed by atoms with van der Waals surface area (Å²) < 4.78 is 0. The molecular formula is C35H39N7O2. The number of aromatic amines is 1. The quantitative estimate of drug-likeness (QED) is 0.110. The minimum absolute atomic E-state index is 0.182. The summed E-state index contributed by atoms with van der Waals surface area (Å²) in [6.45, 7) is 3.15. The Morgan fingerprint density at radius 3 is 2.18 bits per heavy atom. The number of nitrogens with one attached hydrogen (secondary N) is 5. The van der Waals surface area contributed by atoms with Crippen LogP contribution in [-0.4, -0.2) is 45.9 Å². The Hall–Kier alpha value is -4.86. The Balaban J connectivity index is 1.13. The Morgan fingerprint density at radius 2 is 1.45 bits per heavy atom. The number of carbonyl (C=O) groups is 2. The van der Waals surface area contributed by atoms with Crippen LogP contribution in [-0.2, 0) is 30.8 Å². The van der Waals surface area contributed by atoms with Crippen molar-refractivity contribution in [2.75, 3.05) is 13.1 Å². The van der Waals surface area contributed by atoms with Gasteiger partial charge in [0, 0.05) is 61.2 Å². The summed E-state index contributed by atoms with van der Waals surface area (Å²) in [5, 5.41) is 13.9. The zero-order valence-corrected chi connectivity index (χ0v) is 24.8. The third kappa shape index (κ3) is 9.07. The van der Waals surface area contributed by atoms with Gasteiger partial charge in [-0.2, -0.15) is 0 Å². The summed E-state index contributed by atoms with van der Waals surface area (Å²) in [6, 6.07) is 26.6. The van der Waals surface area contributed by atoms with Crippen molar-refractivity contribution >= 4 is 22.7 Å². The lowest BCUT2D eigenvalue weighted by Gasteiger charge is -2.19. The van der Waals surface area contributed by atoms with E-state index in [-0.39, 0.29) is 11.8 Å². The summed E-state index contributed by atoms with van der Waals surface area (Å²) >= 11 is 0. The Kier molecular flexibility index (Phi) is 11.2. The highest BCUT2D eigenvalue weighted by atomic mass is 16.2. The molecule has 0 aliphatic carbocycles. The number of para-hydroxylation sites is 1. The van der Waals surface area contributed by atoms with Gasteiger partial charge in [0.15, 0.2) is 0 Å². The van der Waals surface area contributed by atoms with Crippen molar-refractivity contribution in [1.82, 2.24) is 36.2 Å². The second-order valence-electron chi connectivity index (χ2n) is 10.7. The van der Waals surface area contributed by atoms with Crippen molar-refractivity contribution in [3.63, 3.8) is 0 Å². The molecule has 0 aliphatic heterocycles. The molecule has 0 aliphatic rings. The Morgan fingerprint density at radius 1 is 0.750 bits per heavy atom. The topological polar surface area (TPSA) is 124 Å². The number of hydrogen-bond acceptors (Lipinski definition) is 6. The van der Waals surface area contributed by atoms with E-state index in [9.17, 15) is 9.59 Å². The average molecular weight is 590 g/mol. The first kappa shape index (κ1) is 30.6. The molecule has 0 spiro atoms. The largest absolute Gasteiger partial charge is 0.361 e. The van der Waals surface area contributed by atoms with Gasteiger partial charge in [-0.3, -0.25) is 19.6 Å². The maximum absolute atomic E-state index is 13.3. The maximum atomic E-state index is 13.3. The third-order valence-electron chi connectivity index (χ3n) is 7.45. The molecule has 0 radical (unpaired) electrons. The number of nitrogens with zero attached hydrogens (tertiary/aromatic N) is 2.